The third kappa shape index (κ3) is 3.21. The second-order valence-electron chi connectivity index (χ2n) is 10.1. The van der Waals surface area contributed by atoms with Gasteiger partial charge in [-0.3, -0.25) is 14.9 Å². The number of carbonyl (C=O) groups is 2. The Morgan fingerprint density at radius 2 is 1.88 bits per heavy atom. The van der Waals surface area contributed by atoms with Crippen LogP contribution < -0.4 is 20.9 Å². The van der Waals surface area contributed by atoms with Gasteiger partial charge >= 0.3 is 5.97 Å². The molecule has 6 rings (SSSR count). The molecular weight excluding hydrogens is 424 g/mol. The number of thiophene rings is 1. The van der Waals surface area contributed by atoms with E-state index in [1.807, 2.05) is 0 Å². The second-order valence-corrected chi connectivity index (χ2v) is 11.1. The van der Waals surface area contributed by atoms with Crippen molar-refractivity contribution < 1.29 is 14.3 Å². The summed E-state index contributed by atoms with van der Waals surface area (Å²) in [4.78, 5) is 30.4. The fourth-order valence-electron chi connectivity index (χ4n) is 6.56. The van der Waals surface area contributed by atoms with Gasteiger partial charge in [0, 0.05) is 17.0 Å². The van der Waals surface area contributed by atoms with Gasteiger partial charge in [-0.25, -0.2) is 0 Å². The lowest BCUT2D eigenvalue weighted by atomic mass is 9.85. The molecule has 1 saturated carbocycles. The molecule has 174 valence electrons. The van der Waals surface area contributed by atoms with Crippen LogP contribution in [0.15, 0.2) is 0 Å². The van der Waals surface area contributed by atoms with Crippen LogP contribution in [0.2, 0.25) is 0 Å². The first-order valence-corrected chi connectivity index (χ1v) is 13.4. The molecule has 1 amide bonds. The predicted octanol–water partition coefficient (Wildman–Crippen LogP) is 2.67. The molecule has 6 unspecified atom stereocenters. The number of esters is 1. The molecule has 6 atom stereocenters. The highest BCUT2D eigenvalue weighted by atomic mass is 32.1. The van der Waals surface area contributed by atoms with Crippen LogP contribution in [-0.2, 0) is 22.4 Å². The average Bonchev–Trinajstić information content (AvgIpc) is 3.33. The van der Waals surface area contributed by atoms with Crippen molar-refractivity contribution in [3.05, 3.63) is 16.0 Å². The van der Waals surface area contributed by atoms with E-state index in [9.17, 15) is 9.59 Å². The zero-order valence-corrected chi connectivity index (χ0v) is 19.6. The molecule has 0 spiro atoms. The minimum atomic E-state index is -0.413. The summed E-state index contributed by atoms with van der Waals surface area (Å²) in [5, 5.41) is 12.1. The van der Waals surface area contributed by atoms with Crippen LogP contribution in [0.25, 0.3) is 0 Å². The highest BCUT2D eigenvalue weighted by Gasteiger charge is 2.59. The molecule has 5 aliphatic rings. The zero-order valence-electron chi connectivity index (χ0n) is 18.8. The lowest BCUT2D eigenvalue weighted by Gasteiger charge is -2.46. The summed E-state index contributed by atoms with van der Waals surface area (Å²) in [5.41, 5.74) is 2.12. The molecule has 0 radical (unpaired) electrons. The Morgan fingerprint density at radius 3 is 2.69 bits per heavy atom. The number of unbranched alkanes of at least 4 members (excludes halogenated alkanes) is 1. The second kappa shape index (κ2) is 8.29. The topological polar surface area (TPSA) is 82.7 Å². The quantitative estimate of drug-likeness (QED) is 0.475. The molecule has 8 heteroatoms. The Labute approximate surface area is 193 Å². The zero-order chi connectivity index (χ0) is 21.8. The summed E-state index contributed by atoms with van der Waals surface area (Å²) in [6.07, 6.45) is 10.6. The van der Waals surface area contributed by atoms with E-state index in [-0.39, 0.29) is 30.2 Å². The van der Waals surface area contributed by atoms with Crippen LogP contribution in [-0.4, -0.2) is 48.9 Å². The molecule has 3 fully saturated rings. The largest absolute Gasteiger partial charge is 0.465 e. The average molecular weight is 459 g/mol. The molecule has 3 N–H and O–H groups in total. The van der Waals surface area contributed by atoms with Crippen LogP contribution in [0.4, 0.5) is 5.00 Å². The SMILES string of the molecule is CCCCOC(=O)C1C2NC3CCCCC3NC2N2c3sc4c(c3C(=O)NC12)CCCC4. The minimum Gasteiger partial charge on any atom is -0.465 e. The number of hydrogen-bond acceptors (Lipinski definition) is 7. The summed E-state index contributed by atoms with van der Waals surface area (Å²) in [7, 11) is 0. The van der Waals surface area contributed by atoms with Gasteiger partial charge < -0.3 is 20.3 Å². The Morgan fingerprint density at radius 1 is 1.09 bits per heavy atom. The monoisotopic (exact) mass is 458 g/mol. The lowest BCUT2D eigenvalue weighted by molar-refractivity contribution is -0.150. The number of hydrogen-bond donors (Lipinski definition) is 3. The smallest absolute Gasteiger partial charge is 0.314 e. The number of nitrogens with zero attached hydrogens (tertiary/aromatic N) is 1. The van der Waals surface area contributed by atoms with Crippen LogP contribution in [0.3, 0.4) is 0 Å². The van der Waals surface area contributed by atoms with Crippen molar-refractivity contribution in [3.63, 3.8) is 0 Å². The van der Waals surface area contributed by atoms with E-state index in [1.165, 1.54) is 29.7 Å². The first-order valence-electron chi connectivity index (χ1n) is 12.6. The van der Waals surface area contributed by atoms with Crippen LogP contribution in [0.1, 0.15) is 79.1 Å². The number of rotatable bonds is 4. The molecule has 1 aromatic rings. The number of aryl methyl sites for hydroxylation is 1. The minimum absolute atomic E-state index is 0.0110. The number of anilines is 1. The fraction of sp³-hybridized carbons (Fsp3) is 0.750. The van der Waals surface area contributed by atoms with Crippen molar-refractivity contribution >= 4 is 28.2 Å². The van der Waals surface area contributed by atoms with Gasteiger partial charge in [0.15, 0.2) is 0 Å². The van der Waals surface area contributed by atoms with E-state index >= 15 is 0 Å². The van der Waals surface area contributed by atoms with Gasteiger partial charge in [0.1, 0.15) is 17.1 Å². The number of fused-ring (bicyclic) bond motifs is 8. The van der Waals surface area contributed by atoms with E-state index < -0.39 is 5.92 Å². The van der Waals surface area contributed by atoms with Gasteiger partial charge in [0.05, 0.1) is 24.4 Å². The maximum atomic E-state index is 13.3. The molecule has 3 aliphatic heterocycles. The third-order valence-corrected chi connectivity index (χ3v) is 9.44. The summed E-state index contributed by atoms with van der Waals surface area (Å²) < 4.78 is 5.72. The highest BCUT2D eigenvalue weighted by molar-refractivity contribution is 7.16. The van der Waals surface area contributed by atoms with Gasteiger partial charge in [-0.05, 0) is 50.5 Å². The Balaban J connectivity index is 1.39. The van der Waals surface area contributed by atoms with E-state index in [4.69, 9.17) is 4.74 Å². The Hall–Kier alpha value is -1.64. The summed E-state index contributed by atoms with van der Waals surface area (Å²) in [6.45, 7) is 2.54. The number of nitrogens with one attached hydrogen (secondary N) is 3. The third-order valence-electron chi connectivity index (χ3n) is 8.13. The van der Waals surface area contributed by atoms with Gasteiger partial charge in [-0.1, -0.05) is 26.2 Å². The summed E-state index contributed by atoms with van der Waals surface area (Å²) >= 11 is 1.78. The lowest BCUT2D eigenvalue weighted by Crippen LogP contribution is -2.69. The molecule has 1 aromatic heterocycles. The maximum Gasteiger partial charge on any atom is 0.314 e. The Kier molecular flexibility index (Phi) is 5.42. The maximum absolute atomic E-state index is 13.3. The highest BCUT2D eigenvalue weighted by Crippen LogP contribution is 2.48. The van der Waals surface area contributed by atoms with Crippen LogP contribution >= 0.6 is 11.3 Å². The Bertz CT molecular complexity index is 917. The van der Waals surface area contributed by atoms with Crippen molar-refractivity contribution in [2.24, 2.45) is 5.92 Å². The number of ether oxygens (including phenoxy) is 1. The standard InChI is InChI=1S/C24H34N4O3S/c1-2-3-12-31-24(30)18-19-21(26-15-10-6-5-9-14(15)25-19)28-20(18)27-22(29)17-13-8-4-7-11-16(13)32-23(17)28/h14-15,18-21,25-26H,2-12H2,1H3,(H,27,29). The summed E-state index contributed by atoms with van der Waals surface area (Å²) in [6, 6.07) is 0.721. The first kappa shape index (κ1) is 20.9. The van der Waals surface area contributed by atoms with Crippen LogP contribution in [0.5, 0.6) is 0 Å². The van der Waals surface area contributed by atoms with Crippen molar-refractivity contribution in [2.45, 2.75) is 102 Å². The molecule has 2 aliphatic carbocycles. The molecule has 32 heavy (non-hydrogen) atoms. The van der Waals surface area contributed by atoms with Crippen molar-refractivity contribution in [2.75, 3.05) is 11.5 Å². The number of carbonyl (C=O) groups excluding carboxylic acids is 2. The van der Waals surface area contributed by atoms with E-state index in [2.05, 4.69) is 27.8 Å². The van der Waals surface area contributed by atoms with Gasteiger partial charge in [-0.2, -0.15) is 0 Å². The first-order chi connectivity index (χ1) is 15.7. The molecule has 7 nitrogen and oxygen atoms in total. The molecule has 0 bridgehead atoms. The van der Waals surface area contributed by atoms with Crippen molar-refractivity contribution in [1.82, 2.24) is 16.0 Å². The number of piperazine rings is 1. The molecule has 2 saturated heterocycles. The molecule has 0 aromatic carbocycles. The molecular formula is C24H34N4O3S. The van der Waals surface area contributed by atoms with E-state index in [0.29, 0.717) is 18.7 Å². The van der Waals surface area contributed by atoms with Gasteiger partial charge in [0.25, 0.3) is 5.91 Å². The fourth-order valence-corrected chi connectivity index (χ4v) is 8.02. The normalized spacial score (nSPS) is 35.2. The van der Waals surface area contributed by atoms with Crippen molar-refractivity contribution in [1.29, 1.82) is 0 Å². The van der Waals surface area contributed by atoms with Crippen molar-refractivity contribution in [3.8, 4) is 0 Å². The number of amides is 1. The van der Waals surface area contributed by atoms with E-state index in [0.717, 1.165) is 55.5 Å². The summed E-state index contributed by atoms with van der Waals surface area (Å²) in [5.74, 6) is -0.610. The van der Waals surface area contributed by atoms with E-state index in [1.54, 1.807) is 11.3 Å². The van der Waals surface area contributed by atoms with Gasteiger partial charge in [0.2, 0.25) is 0 Å². The van der Waals surface area contributed by atoms with Crippen LogP contribution in [0, 0.1) is 5.92 Å². The van der Waals surface area contributed by atoms with Gasteiger partial charge in [-0.15, -0.1) is 11.3 Å². The molecule has 4 heterocycles. The predicted molar refractivity (Wildman–Crippen MR) is 124 cm³/mol.